The normalized spacial score (nSPS) is 17.7. The first kappa shape index (κ1) is 50.9. The minimum Gasteiger partial charge on any atom is -0.508 e. The van der Waals surface area contributed by atoms with E-state index >= 15 is 0 Å². The van der Waals surface area contributed by atoms with Crippen LogP contribution in [0, 0.1) is 0 Å². The zero-order valence-electron chi connectivity index (χ0n) is 38.6. The van der Waals surface area contributed by atoms with Gasteiger partial charge >= 0.3 is 11.9 Å². The van der Waals surface area contributed by atoms with Gasteiger partial charge in [0.2, 0.25) is 0 Å². The number of aromatic carboxylic acids is 1. The molecule has 0 radical (unpaired) electrons. The number of aromatic nitrogens is 7. The maximum atomic E-state index is 13.3. The van der Waals surface area contributed by atoms with E-state index in [4.69, 9.17) is 50.4 Å². The standard InChI is InChI=1S/C47H53N11O14/c48-26(2-8-34(49)47(65)66)18-37-40(61)41(45(72-37)57-24-54-39-42(50)52-23-53-43(39)57)70-22-27-21-55-56-58(27)10-12-68-14-16-69-15-13-67-11-9-51-44(62)25-1-5-30(46(63)64)33(17-25)38-31-6-3-28(59)19-35(31)71-36-20-29(60)4-7-32(36)38/h1,3-7,17,19-21,23-24,26,34,37,40-41,45,59,61H,2,8-16,18,22,48-49H2,(H,51,62)(H,63,64)(H,65,66)(H2,50,52,53)/t26-,34-,37+,40+,41+,45+/m0/s1. The number of aliphatic hydroxyl groups excluding tert-OH is 1. The molecule has 25 heteroatoms. The summed E-state index contributed by atoms with van der Waals surface area (Å²) in [4.78, 5) is 61.7. The van der Waals surface area contributed by atoms with Crippen LogP contribution in [-0.2, 0) is 41.6 Å². The van der Waals surface area contributed by atoms with Gasteiger partial charge in [-0.15, -0.1) is 5.10 Å². The predicted octanol–water partition coefficient (Wildman–Crippen LogP) is 1.52. The Kier molecular flexibility index (Phi) is 16.4. The molecule has 72 heavy (non-hydrogen) atoms. The lowest BCUT2D eigenvalue weighted by Crippen LogP contribution is -2.38. The Morgan fingerprint density at radius 3 is 2.44 bits per heavy atom. The molecule has 5 heterocycles. The SMILES string of the molecule is Nc1ncnc2c1ncn2[C@@H]1O[C@H](C[C@@H](N)CC[C@H](N)C(=O)O)[C@@H](O)[C@H]1OCc1cnnn1CCOCCOCCOCCNC(=O)c1ccc(C(=O)O)c(-c2c3ccc(=O)cc-3oc3cc(O)ccc23)c1. The third-order valence-electron chi connectivity index (χ3n) is 12.0. The largest absolute Gasteiger partial charge is 0.508 e. The van der Waals surface area contributed by atoms with Crippen molar-refractivity contribution in [1.82, 2.24) is 39.8 Å². The Morgan fingerprint density at radius 2 is 1.67 bits per heavy atom. The quantitative estimate of drug-likeness (QED) is 0.0297. The maximum Gasteiger partial charge on any atom is 0.336 e. The molecule has 1 fully saturated rings. The Labute approximate surface area is 408 Å². The lowest BCUT2D eigenvalue weighted by atomic mass is 9.89. The van der Waals surface area contributed by atoms with E-state index in [1.807, 2.05) is 0 Å². The molecule has 5 aromatic rings. The summed E-state index contributed by atoms with van der Waals surface area (Å²) < 4.78 is 38.7. The number of phenols is 1. The lowest BCUT2D eigenvalue weighted by molar-refractivity contribution is -0.138. The number of anilines is 1. The van der Waals surface area contributed by atoms with E-state index in [0.29, 0.717) is 46.3 Å². The number of nitrogens with zero attached hydrogens (tertiary/aromatic N) is 7. The van der Waals surface area contributed by atoms with Crippen LogP contribution in [0.1, 0.15) is 51.9 Å². The van der Waals surface area contributed by atoms with E-state index in [1.165, 1.54) is 67.4 Å². The van der Waals surface area contributed by atoms with Crippen molar-refractivity contribution in [2.75, 3.05) is 51.9 Å². The monoisotopic (exact) mass is 995 g/mol. The van der Waals surface area contributed by atoms with Gasteiger partial charge in [0.25, 0.3) is 5.91 Å². The molecule has 0 saturated carbocycles. The number of ether oxygens (including phenoxy) is 5. The van der Waals surface area contributed by atoms with Gasteiger partial charge in [0, 0.05) is 46.8 Å². The summed E-state index contributed by atoms with van der Waals surface area (Å²) in [6.45, 7) is 1.96. The van der Waals surface area contributed by atoms with Crippen molar-refractivity contribution in [2.24, 2.45) is 11.5 Å². The van der Waals surface area contributed by atoms with Crippen molar-refractivity contribution in [3.05, 3.63) is 100 Å². The molecule has 25 nitrogen and oxygen atoms in total. The van der Waals surface area contributed by atoms with Gasteiger partial charge < -0.3 is 71.0 Å². The number of carbonyl (C=O) groups is 3. The van der Waals surface area contributed by atoms with Gasteiger partial charge in [0.15, 0.2) is 23.1 Å². The number of hydrogen-bond donors (Lipinski definition) is 8. The number of rotatable bonds is 25. The maximum absolute atomic E-state index is 13.3. The smallest absolute Gasteiger partial charge is 0.336 e. The Hall–Kier alpha value is -7.49. The summed E-state index contributed by atoms with van der Waals surface area (Å²) in [6, 6.07) is 11.2. The summed E-state index contributed by atoms with van der Waals surface area (Å²) in [5.74, 6) is -2.56. The van der Waals surface area contributed by atoms with Gasteiger partial charge in [-0.05, 0) is 67.3 Å². The number of imidazole rings is 1. The second-order valence-corrected chi connectivity index (χ2v) is 16.9. The van der Waals surface area contributed by atoms with Crippen LogP contribution in [0.15, 0.2) is 82.7 Å². The number of nitrogens with one attached hydrogen (secondary N) is 1. The second-order valence-electron chi connectivity index (χ2n) is 16.9. The van der Waals surface area contributed by atoms with Gasteiger partial charge in [-0.1, -0.05) is 5.21 Å². The van der Waals surface area contributed by atoms with Crippen molar-refractivity contribution in [3.8, 4) is 28.2 Å². The van der Waals surface area contributed by atoms with Crippen molar-refractivity contribution in [1.29, 1.82) is 0 Å². The minimum atomic E-state index is -1.23. The topological polar surface area (TPSA) is 373 Å². The fraction of sp³-hybridized carbons (Fsp3) is 0.383. The molecule has 1 amide bonds. The summed E-state index contributed by atoms with van der Waals surface area (Å²) in [7, 11) is 0. The molecule has 6 atom stereocenters. The van der Waals surface area contributed by atoms with E-state index in [9.17, 15) is 34.5 Å². The first-order valence-electron chi connectivity index (χ1n) is 22.9. The second kappa shape index (κ2) is 23.2. The minimum absolute atomic E-state index is 0.0160. The molecule has 3 aliphatic rings. The average Bonchev–Trinajstić information content (AvgIpc) is 4.08. The number of hydrogen-bond acceptors (Lipinski definition) is 20. The van der Waals surface area contributed by atoms with Crippen LogP contribution in [0.2, 0.25) is 0 Å². The van der Waals surface area contributed by atoms with E-state index in [2.05, 4.69) is 30.6 Å². The van der Waals surface area contributed by atoms with Gasteiger partial charge in [-0.2, -0.15) is 0 Å². The molecule has 0 spiro atoms. The molecule has 2 aromatic carbocycles. The molecule has 380 valence electrons. The van der Waals surface area contributed by atoms with Gasteiger partial charge in [0.05, 0.1) is 82.7 Å². The zero-order valence-corrected chi connectivity index (χ0v) is 38.6. The molecule has 11 N–H and O–H groups in total. The van der Waals surface area contributed by atoms with Gasteiger partial charge in [-0.25, -0.2) is 24.4 Å². The average molecular weight is 996 g/mol. The number of carboxylic acids is 2. The number of nitrogen functional groups attached to an aromatic ring is 1. The Balaban J connectivity index is 0.760. The molecule has 0 bridgehead atoms. The molecular weight excluding hydrogens is 943 g/mol. The number of fused-ring (bicyclic) bond motifs is 3. The van der Waals surface area contributed by atoms with Crippen molar-refractivity contribution >= 4 is 45.8 Å². The van der Waals surface area contributed by atoms with E-state index in [0.717, 1.165) is 0 Å². The summed E-state index contributed by atoms with van der Waals surface area (Å²) in [6.07, 6.45) is 1.13. The van der Waals surface area contributed by atoms with Crippen LogP contribution in [-0.4, -0.2) is 149 Å². The zero-order chi connectivity index (χ0) is 50.9. The number of phenolic OH excluding ortho intramolecular Hbond substituents is 1. The fourth-order valence-electron chi connectivity index (χ4n) is 8.33. The fourth-order valence-corrected chi connectivity index (χ4v) is 8.33. The molecule has 3 aromatic heterocycles. The molecular formula is C47H53N11O14. The van der Waals surface area contributed by atoms with Crippen LogP contribution in [0.4, 0.5) is 5.82 Å². The third-order valence-corrected chi connectivity index (χ3v) is 12.0. The van der Waals surface area contributed by atoms with Crippen molar-refractivity contribution < 1.29 is 62.9 Å². The number of carbonyl (C=O) groups excluding carboxylic acids is 1. The molecule has 0 unspecified atom stereocenters. The summed E-state index contributed by atoms with van der Waals surface area (Å²) >= 11 is 0. The number of amides is 1. The predicted molar refractivity (Wildman–Crippen MR) is 254 cm³/mol. The van der Waals surface area contributed by atoms with E-state index in [-0.39, 0.29) is 111 Å². The van der Waals surface area contributed by atoms with Gasteiger partial charge in [0.1, 0.15) is 47.2 Å². The highest BCUT2D eigenvalue weighted by atomic mass is 16.6. The Morgan fingerprint density at radius 1 is 0.889 bits per heavy atom. The van der Waals surface area contributed by atoms with Crippen LogP contribution in [0.3, 0.4) is 0 Å². The highest BCUT2D eigenvalue weighted by Gasteiger charge is 2.47. The van der Waals surface area contributed by atoms with Crippen molar-refractivity contribution in [3.63, 3.8) is 0 Å². The number of aliphatic hydroxyl groups is 1. The van der Waals surface area contributed by atoms with Crippen LogP contribution < -0.4 is 27.9 Å². The molecule has 2 aliphatic heterocycles. The molecule has 1 saturated heterocycles. The number of nitrogens with two attached hydrogens (primary N) is 3. The lowest BCUT2D eigenvalue weighted by Gasteiger charge is -2.22. The Bertz CT molecular complexity index is 3050. The third kappa shape index (κ3) is 11.8. The first-order valence-corrected chi connectivity index (χ1v) is 22.9. The highest BCUT2D eigenvalue weighted by Crippen LogP contribution is 2.42. The van der Waals surface area contributed by atoms with Crippen molar-refractivity contribution in [2.45, 2.75) is 69.0 Å². The van der Waals surface area contributed by atoms with E-state index in [1.54, 1.807) is 15.3 Å². The number of carboxylic acid groups (broad SMARTS) is 2. The van der Waals surface area contributed by atoms with Crippen LogP contribution in [0.5, 0.6) is 5.75 Å². The summed E-state index contributed by atoms with van der Waals surface area (Å²) in [5, 5.41) is 52.3. The number of benzene rings is 3. The number of aromatic hydroxyl groups is 1. The first-order chi connectivity index (χ1) is 34.8. The van der Waals surface area contributed by atoms with Crippen LogP contribution in [0.25, 0.3) is 44.6 Å². The highest BCUT2D eigenvalue weighted by molar-refractivity contribution is 6.09. The molecule has 1 aliphatic carbocycles. The van der Waals surface area contributed by atoms with Crippen LogP contribution >= 0.6 is 0 Å². The van der Waals surface area contributed by atoms with E-state index < -0.39 is 54.5 Å². The molecule has 8 rings (SSSR count). The number of aliphatic carboxylic acids is 1. The van der Waals surface area contributed by atoms with Gasteiger partial charge in [-0.3, -0.25) is 19.0 Å². The summed E-state index contributed by atoms with van der Waals surface area (Å²) in [5.41, 5.74) is 20.4.